The second-order valence-corrected chi connectivity index (χ2v) is 34.3. The molecule has 0 radical (unpaired) electrons. The van der Waals surface area contributed by atoms with Crippen LogP contribution in [0.3, 0.4) is 0 Å². The quantitative estimate of drug-likeness (QED) is 0.00421. The molecule has 2 saturated heterocycles. The number of unbranched alkanes of at least 4 members (excludes halogenated alkanes) is 8. The van der Waals surface area contributed by atoms with E-state index < -0.39 is 121 Å². The summed E-state index contributed by atoms with van der Waals surface area (Å²) in [5.74, 6) is -4.06. The van der Waals surface area contributed by atoms with Crippen molar-refractivity contribution in [3.05, 3.63) is 163 Å². The molecule has 26 nitrogen and oxygen atoms in total. The molecule has 6 aromatic rings. The lowest BCUT2D eigenvalue weighted by Gasteiger charge is -2.27. The number of benzene rings is 4. The molecule has 8 rings (SSSR count). The molecular weight excluding hydrogens is 1760 g/mol. The largest absolute Gasteiger partial charge is 0.490 e. The van der Waals surface area contributed by atoms with Crippen LogP contribution in [0.25, 0.3) is 0 Å². The number of carbonyl (C=O) groups is 8. The molecule has 2 aliphatic heterocycles. The number of nitrogens with two attached hydrogens (primary N) is 6. The number of halogens is 12. The van der Waals surface area contributed by atoms with Gasteiger partial charge < -0.3 is 54.5 Å². The lowest BCUT2D eigenvalue weighted by Crippen LogP contribution is -2.34. The van der Waals surface area contributed by atoms with Crippen LogP contribution in [0.1, 0.15) is 263 Å². The molecule has 0 atom stereocenters. The summed E-state index contributed by atoms with van der Waals surface area (Å²) in [4.78, 5) is 124. The number of amidine groups is 4. The zero-order valence-electron chi connectivity index (χ0n) is 72.1. The van der Waals surface area contributed by atoms with Gasteiger partial charge in [-0.15, -0.1) is 23.5 Å². The highest BCUT2D eigenvalue weighted by Crippen LogP contribution is 2.43. The summed E-state index contributed by atoms with van der Waals surface area (Å²) in [6.45, 7) is 2.56. The fourth-order valence-electron chi connectivity index (χ4n) is 14.7. The van der Waals surface area contributed by atoms with Gasteiger partial charge in [0.25, 0.3) is 0 Å². The van der Waals surface area contributed by atoms with Gasteiger partial charge in [-0.05, 0) is 186 Å². The molecule has 130 heavy (non-hydrogen) atoms. The van der Waals surface area contributed by atoms with E-state index in [1.54, 1.807) is 0 Å². The number of ketones is 8. The Morgan fingerprint density at radius 3 is 0.785 bits per heavy atom. The molecule has 708 valence electrons. The first-order chi connectivity index (χ1) is 61.5. The van der Waals surface area contributed by atoms with Gasteiger partial charge in [-0.1, -0.05) is 25.7 Å². The van der Waals surface area contributed by atoms with Gasteiger partial charge in [-0.3, -0.25) is 60.0 Å². The van der Waals surface area contributed by atoms with Gasteiger partial charge >= 0.3 is 24.7 Å². The molecule has 2 aliphatic rings. The lowest BCUT2D eigenvalue weighted by molar-refractivity contribution is -0.138. The molecule has 4 aromatic carbocycles. The second-order valence-electron chi connectivity index (χ2n) is 32.1. The van der Waals surface area contributed by atoms with E-state index in [0.29, 0.717) is 155 Å². The number of carbonyl (C=O) groups excluding carboxylic acids is 8. The van der Waals surface area contributed by atoms with Crippen LogP contribution in [0, 0.1) is 21.6 Å². The lowest BCUT2D eigenvalue weighted by atomic mass is 9.94. The molecule has 2 aromatic heterocycles. The predicted molar refractivity (Wildman–Crippen MR) is 469 cm³/mol. The third kappa shape index (κ3) is 36.4. The SMILES string of the molecule is N=C(N)CCCCCC(=O)Cc1cc(C(F)(F)F)cc(CC(=O)c2cc(C(=O)Cc3cc(C(F)(F)F)cc(CC(=O)CCCCCC(=N)N)c3OC3CCNCC3)ncn2)c1OC1CCNCC1.N=C(N)CCCCCC(=O)Cc1cc(C(F)(F)F)cc(CC(=O)c2cc(C(=O)Cc3cc(C(F)(F)F)cc(CC(=O)CCCCCC(=N)N)c3SCCN)ncn2)c1SCCN. The van der Waals surface area contributed by atoms with E-state index in [1.165, 1.54) is 0 Å². The van der Waals surface area contributed by atoms with Gasteiger partial charge in [0.1, 0.15) is 82.3 Å². The maximum absolute atomic E-state index is 14.4. The van der Waals surface area contributed by atoms with Crippen LogP contribution in [-0.4, -0.2) is 153 Å². The number of aromatic nitrogens is 4. The van der Waals surface area contributed by atoms with E-state index in [-0.39, 0.29) is 198 Å². The Hall–Kier alpha value is -10.4. The Morgan fingerprint density at radius 2 is 0.546 bits per heavy atom. The van der Waals surface area contributed by atoms with E-state index in [9.17, 15) is 91.0 Å². The van der Waals surface area contributed by atoms with Crippen molar-refractivity contribution in [2.24, 2.45) is 34.4 Å². The summed E-state index contributed by atoms with van der Waals surface area (Å²) < 4.78 is 184. The van der Waals surface area contributed by atoms with Crippen LogP contribution in [0.2, 0.25) is 0 Å². The molecule has 0 spiro atoms. The molecule has 0 saturated carbocycles. The molecule has 0 unspecified atom stereocenters. The number of ether oxygens (including phenoxy) is 2. The molecule has 0 aliphatic carbocycles. The minimum Gasteiger partial charge on any atom is -0.490 e. The zero-order chi connectivity index (χ0) is 95.5. The fraction of sp³-hybridized carbons (Fsp3) is 0.511. The number of alkyl halides is 12. The summed E-state index contributed by atoms with van der Waals surface area (Å²) in [6, 6.07) is 8.78. The van der Waals surface area contributed by atoms with E-state index in [4.69, 9.17) is 65.5 Å². The molecule has 18 N–H and O–H groups in total. The summed E-state index contributed by atoms with van der Waals surface area (Å²) in [6.07, 6.45) is -12.4. The number of rotatable bonds is 54. The summed E-state index contributed by atoms with van der Waals surface area (Å²) in [5, 5.41) is 35.8. The summed E-state index contributed by atoms with van der Waals surface area (Å²) >= 11 is 2.19. The van der Waals surface area contributed by atoms with Crippen molar-refractivity contribution in [3.8, 4) is 11.5 Å². The highest BCUT2D eigenvalue weighted by molar-refractivity contribution is 7.99. The number of hydrogen-bond acceptors (Lipinski definition) is 24. The molecule has 2 fully saturated rings. The van der Waals surface area contributed by atoms with Crippen LogP contribution >= 0.6 is 23.5 Å². The summed E-state index contributed by atoms with van der Waals surface area (Å²) in [7, 11) is 0. The zero-order valence-corrected chi connectivity index (χ0v) is 73.7. The first-order valence-corrected chi connectivity index (χ1v) is 44.9. The molecule has 0 bridgehead atoms. The highest BCUT2D eigenvalue weighted by atomic mass is 32.2. The standard InChI is InChI=1S/C48H60F6N8O6.C42H52F6N8O4S2/c49-47(50,51)33-19-29(23-35(63)7-3-1-5-9-43(55)56)45(67-37-11-15-59-16-12-37)31(21-33)25-41(65)39-27-40(62-28-61-39)42(66)26-32-22-34(48(52,53)54)20-30(46(32)68-38-13-17-60-18-14-38)24-36(64)8-4-2-6-10-44(57)58;43-41(44,45)29-15-25(19-31(57)7-3-1-5-9-37(51)52)39(61-13-11-49)27(17-29)21-35(59)33-23-34(56-24-55-33)36(60)22-28-18-30(42(46,47)48)16-26(40(28)62-14-12-50)20-32(58)8-4-2-6-10-38(53)54/h19-22,27-28,37-38,59-60H,1-18,23-26H2,(H3,55,56)(H3,57,58);15-18,23-24H,1-14,19-22,49-50H2,(H3,51,52)(H3,53,54). The summed E-state index contributed by atoms with van der Waals surface area (Å²) in [5.41, 5.74) is 26.9. The highest BCUT2D eigenvalue weighted by Gasteiger charge is 2.39. The van der Waals surface area contributed by atoms with Crippen molar-refractivity contribution in [2.45, 2.75) is 252 Å². The van der Waals surface area contributed by atoms with E-state index in [2.05, 4.69) is 30.6 Å². The van der Waals surface area contributed by atoms with E-state index in [0.717, 1.165) is 96.8 Å². The Bertz CT molecular complexity index is 4670. The van der Waals surface area contributed by atoms with Crippen LogP contribution in [0.4, 0.5) is 52.7 Å². The van der Waals surface area contributed by atoms with Crippen LogP contribution in [-0.2, 0) is 95.2 Å². The fourth-order valence-corrected chi connectivity index (χ4v) is 16.6. The minimum atomic E-state index is -4.87. The maximum Gasteiger partial charge on any atom is 0.416 e. The first-order valence-electron chi connectivity index (χ1n) is 43.0. The van der Waals surface area contributed by atoms with Crippen LogP contribution in [0.15, 0.2) is 83.1 Å². The smallest absolute Gasteiger partial charge is 0.416 e. The number of Topliss-reactive ketones (excluding diaryl/α,β-unsaturated/α-hetero) is 8. The minimum absolute atomic E-state index is 0.0137. The van der Waals surface area contributed by atoms with E-state index in [1.807, 2.05) is 0 Å². The van der Waals surface area contributed by atoms with E-state index >= 15 is 0 Å². The maximum atomic E-state index is 14.4. The van der Waals surface area contributed by atoms with Gasteiger partial charge in [0, 0.05) is 159 Å². The molecule has 0 amide bonds. The normalized spacial score (nSPS) is 13.4. The Morgan fingerprint density at radius 1 is 0.331 bits per heavy atom. The van der Waals surface area contributed by atoms with Gasteiger partial charge in [0.05, 0.1) is 45.6 Å². The molecule has 4 heterocycles. The predicted octanol–water partition coefficient (Wildman–Crippen LogP) is 15.1. The Kier molecular flexibility index (Phi) is 42.6. The van der Waals surface area contributed by atoms with Crippen LogP contribution in [0.5, 0.6) is 11.5 Å². The van der Waals surface area contributed by atoms with Crippen molar-refractivity contribution in [2.75, 3.05) is 50.8 Å². The average molecular weight is 1870 g/mol. The van der Waals surface area contributed by atoms with Gasteiger partial charge in [0.15, 0.2) is 23.1 Å². The number of hydrogen-bond donors (Lipinski definition) is 12. The number of nitrogens with one attached hydrogen (secondary N) is 6. The monoisotopic (exact) mass is 1870 g/mol. The van der Waals surface area contributed by atoms with Crippen molar-refractivity contribution in [1.82, 2.24) is 30.6 Å². The molecule has 40 heteroatoms. The second kappa shape index (κ2) is 52.0. The number of piperidine rings is 2. The first kappa shape index (κ1) is 107. The number of thioether (sulfide) groups is 2. The van der Waals surface area contributed by atoms with Gasteiger partial charge in [-0.25, -0.2) is 19.9 Å². The van der Waals surface area contributed by atoms with Crippen LogP contribution < -0.4 is 54.5 Å². The Labute approximate surface area is 753 Å². The number of nitrogens with zero attached hydrogens (tertiary/aromatic N) is 4. The van der Waals surface area contributed by atoms with Gasteiger partial charge in [0.2, 0.25) is 0 Å². The Balaban J connectivity index is 0.000000357. The third-order valence-electron chi connectivity index (χ3n) is 21.2. The van der Waals surface area contributed by atoms with Crippen molar-refractivity contribution >= 4 is 93.1 Å². The topological polar surface area (TPSA) is 482 Å². The third-order valence-corrected chi connectivity index (χ3v) is 23.7. The molecular formula is C90H112F12N16O10S2. The van der Waals surface area contributed by atoms with Crippen molar-refractivity contribution < 1.29 is 101 Å². The average Bonchev–Trinajstić information content (AvgIpc) is 0.795. The van der Waals surface area contributed by atoms with Crippen molar-refractivity contribution in [1.29, 1.82) is 21.6 Å². The van der Waals surface area contributed by atoms with Gasteiger partial charge in [-0.2, -0.15) is 52.7 Å². The van der Waals surface area contributed by atoms with Crippen molar-refractivity contribution in [3.63, 3.8) is 0 Å².